The molecule has 1 aliphatic heterocycles. The monoisotopic (exact) mass is 444 g/mol. The predicted molar refractivity (Wildman–Crippen MR) is 109 cm³/mol. The van der Waals surface area contributed by atoms with E-state index < -0.39 is 36.7 Å². The van der Waals surface area contributed by atoms with Gasteiger partial charge in [0.15, 0.2) is 0 Å². The third kappa shape index (κ3) is 6.83. The summed E-state index contributed by atoms with van der Waals surface area (Å²) in [6, 6.07) is 1.58. The van der Waals surface area contributed by atoms with Gasteiger partial charge in [0.1, 0.15) is 11.9 Å². The van der Waals surface area contributed by atoms with E-state index in [9.17, 15) is 22.8 Å². The van der Waals surface area contributed by atoms with Gasteiger partial charge in [-0.15, -0.1) is 0 Å². The highest BCUT2D eigenvalue weighted by atomic mass is 19.4. The Labute approximate surface area is 180 Å². The Morgan fingerprint density at radius 1 is 1.29 bits per heavy atom. The quantitative estimate of drug-likeness (QED) is 0.534. The van der Waals surface area contributed by atoms with Gasteiger partial charge in [0.05, 0.1) is 18.0 Å². The van der Waals surface area contributed by atoms with Crippen molar-refractivity contribution in [1.82, 2.24) is 15.6 Å². The molecule has 8 nitrogen and oxygen atoms in total. The van der Waals surface area contributed by atoms with Gasteiger partial charge < -0.3 is 24.8 Å². The Morgan fingerprint density at radius 2 is 1.97 bits per heavy atom. The van der Waals surface area contributed by atoms with Gasteiger partial charge in [0.25, 0.3) is 0 Å². The molecule has 2 atom stereocenters. The van der Waals surface area contributed by atoms with Gasteiger partial charge >= 0.3 is 13.3 Å². The first-order chi connectivity index (χ1) is 14.6. The number of nitrogens with zero attached hydrogens (tertiary/aromatic N) is 2. The number of halogens is 3. The van der Waals surface area contributed by atoms with Crippen LogP contribution in [0.15, 0.2) is 18.3 Å². The molecule has 1 fully saturated rings. The second kappa shape index (κ2) is 10.8. The van der Waals surface area contributed by atoms with Crippen LogP contribution in [-0.4, -0.2) is 63.2 Å². The standard InChI is InChI=1S/C19H28BF3N4O4/c1-12(2)9-15(20(30-3)31-4)26-17(28)11-25-18(29)14-7-8-27(14)16-6-5-13(10-24-16)19(21,22)23/h5-6,10,12,14-15H,7-9,11H2,1-4H3,(H,25,29)(H,26,28). The van der Waals surface area contributed by atoms with Crippen molar-refractivity contribution in [3.05, 3.63) is 23.9 Å². The number of carbonyl (C=O) groups excluding carboxylic acids is 2. The molecule has 0 aromatic carbocycles. The number of alkyl halides is 3. The number of amides is 2. The zero-order valence-corrected chi connectivity index (χ0v) is 18.0. The smallest absolute Gasteiger partial charge is 0.413 e. The number of rotatable bonds is 10. The SMILES string of the molecule is COB(OC)C(CC(C)C)NC(=O)CNC(=O)C1CCN1c1ccc(C(F)(F)F)cn1. The molecule has 0 radical (unpaired) electrons. The summed E-state index contributed by atoms with van der Waals surface area (Å²) in [5.74, 6) is -0.595. The van der Waals surface area contributed by atoms with Crippen molar-refractivity contribution in [3.63, 3.8) is 0 Å². The summed E-state index contributed by atoms with van der Waals surface area (Å²) in [6.45, 7) is 4.26. The summed E-state index contributed by atoms with van der Waals surface area (Å²) >= 11 is 0. The van der Waals surface area contributed by atoms with E-state index in [2.05, 4.69) is 15.6 Å². The van der Waals surface area contributed by atoms with Crippen LogP contribution >= 0.6 is 0 Å². The minimum atomic E-state index is -4.47. The van der Waals surface area contributed by atoms with Crippen molar-refractivity contribution in [1.29, 1.82) is 0 Å². The first-order valence-electron chi connectivity index (χ1n) is 9.99. The highest BCUT2D eigenvalue weighted by Crippen LogP contribution is 2.31. The predicted octanol–water partition coefficient (Wildman–Crippen LogP) is 1.65. The van der Waals surface area contributed by atoms with Crippen molar-refractivity contribution in [3.8, 4) is 0 Å². The third-order valence-corrected chi connectivity index (χ3v) is 4.98. The van der Waals surface area contributed by atoms with E-state index in [0.29, 0.717) is 19.4 Å². The fraction of sp³-hybridized carbons (Fsp3) is 0.632. The van der Waals surface area contributed by atoms with Crippen LogP contribution < -0.4 is 15.5 Å². The molecule has 0 aliphatic carbocycles. The van der Waals surface area contributed by atoms with Gasteiger partial charge in [-0.2, -0.15) is 13.2 Å². The topological polar surface area (TPSA) is 92.8 Å². The lowest BCUT2D eigenvalue weighted by atomic mass is 9.74. The maximum Gasteiger partial charge on any atom is 0.480 e. The van der Waals surface area contributed by atoms with Gasteiger partial charge in [-0.1, -0.05) is 13.8 Å². The molecule has 2 unspecified atom stereocenters. The van der Waals surface area contributed by atoms with Crippen LogP contribution in [0.25, 0.3) is 0 Å². The molecule has 31 heavy (non-hydrogen) atoms. The van der Waals surface area contributed by atoms with E-state index in [-0.39, 0.29) is 24.2 Å². The molecule has 0 spiro atoms. The van der Waals surface area contributed by atoms with Crippen molar-refractivity contribution < 1.29 is 32.1 Å². The van der Waals surface area contributed by atoms with Crippen LogP contribution in [0.5, 0.6) is 0 Å². The maximum absolute atomic E-state index is 12.7. The molecule has 2 N–H and O–H groups in total. The molecule has 172 valence electrons. The van der Waals surface area contributed by atoms with Crippen LogP contribution in [0.1, 0.15) is 32.3 Å². The van der Waals surface area contributed by atoms with Gasteiger partial charge in [0.2, 0.25) is 11.8 Å². The molecule has 1 aliphatic rings. The summed E-state index contributed by atoms with van der Waals surface area (Å²) < 4.78 is 48.5. The second-order valence-electron chi connectivity index (χ2n) is 7.76. The van der Waals surface area contributed by atoms with Gasteiger partial charge in [-0.25, -0.2) is 4.98 Å². The largest absolute Gasteiger partial charge is 0.480 e. The van der Waals surface area contributed by atoms with Gasteiger partial charge in [0, 0.05) is 27.0 Å². The minimum Gasteiger partial charge on any atom is -0.413 e. The summed E-state index contributed by atoms with van der Waals surface area (Å²) in [4.78, 5) is 30.2. The van der Waals surface area contributed by atoms with E-state index in [1.54, 1.807) is 4.90 Å². The zero-order valence-electron chi connectivity index (χ0n) is 18.0. The van der Waals surface area contributed by atoms with Crippen molar-refractivity contribution in [2.75, 3.05) is 32.2 Å². The lowest BCUT2D eigenvalue weighted by molar-refractivity contribution is -0.137. The van der Waals surface area contributed by atoms with E-state index in [0.717, 1.165) is 12.3 Å². The third-order valence-electron chi connectivity index (χ3n) is 4.98. The summed E-state index contributed by atoms with van der Waals surface area (Å²) in [5.41, 5.74) is -0.851. The number of pyridine rings is 1. The number of hydrogen-bond acceptors (Lipinski definition) is 6. The highest BCUT2D eigenvalue weighted by molar-refractivity contribution is 6.46. The molecule has 2 heterocycles. The van der Waals surface area contributed by atoms with Crippen molar-refractivity contribution >= 4 is 24.8 Å². The summed E-state index contributed by atoms with van der Waals surface area (Å²) in [7, 11) is 2.35. The van der Waals surface area contributed by atoms with Crippen LogP contribution in [-0.2, 0) is 25.1 Å². The van der Waals surface area contributed by atoms with Crippen LogP contribution in [0.2, 0.25) is 0 Å². The summed E-state index contributed by atoms with van der Waals surface area (Å²) in [5, 5.41) is 5.38. The summed E-state index contributed by atoms with van der Waals surface area (Å²) in [6.07, 6.45) is -2.58. The van der Waals surface area contributed by atoms with Crippen molar-refractivity contribution in [2.45, 2.75) is 44.8 Å². The molecule has 2 rings (SSSR count). The normalized spacial score (nSPS) is 17.2. The first kappa shape index (κ1) is 24.9. The molecule has 12 heteroatoms. The molecule has 1 saturated heterocycles. The molecular formula is C19H28BF3N4O4. The van der Waals surface area contributed by atoms with Crippen LogP contribution in [0.3, 0.4) is 0 Å². The fourth-order valence-electron chi connectivity index (χ4n) is 3.37. The molecule has 0 bridgehead atoms. The van der Waals surface area contributed by atoms with E-state index in [1.165, 1.54) is 20.3 Å². The lowest BCUT2D eigenvalue weighted by Crippen LogP contribution is -2.58. The van der Waals surface area contributed by atoms with Gasteiger partial charge in [-0.3, -0.25) is 9.59 Å². The van der Waals surface area contributed by atoms with Crippen molar-refractivity contribution in [2.24, 2.45) is 5.92 Å². The molecule has 2 amide bonds. The maximum atomic E-state index is 12.7. The Kier molecular flexibility index (Phi) is 8.69. The van der Waals surface area contributed by atoms with Crippen LogP contribution in [0.4, 0.5) is 19.0 Å². The molecular weight excluding hydrogens is 416 g/mol. The van der Waals surface area contributed by atoms with E-state index in [4.69, 9.17) is 9.31 Å². The molecule has 1 aromatic heterocycles. The number of anilines is 1. The average Bonchev–Trinajstić information content (AvgIpc) is 2.65. The second-order valence-corrected chi connectivity index (χ2v) is 7.76. The average molecular weight is 444 g/mol. The Balaban J connectivity index is 1.89. The lowest BCUT2D eigenvalue weighted by Gasteiger charge is -2.40. The first-order valence-corrected chi connectivity index (χ1v) is 9.99. The Morgan fingerprint density at radius 3 is 2.42 bits per heavy atom. The molecule has 1 aromatic rings. The number of aromatic nitrogens is 1. The molecule has 0 saturated carbocycles. The number of carbonyl (C=O) groups is 2. The van der Waals surface area contributed by atoms with E-state index >= 15 is 0 Å². The zero-order chi connectivity index (χ0) is 23.2. The Bertz CT molecular complexity index is 745. The fourth-order valence-corrected chi connectivity index (χ4v) is 3.37. The van der Waals surface area contributed by atoms with Gasteiger partial charge in [-0.05, 0) is 30.9 Å². The number of hydrogen-bond donors (Lipinski definition) is 2. The number of nitrogens with one attached hydrogen (secondary N) is 2. The minimum absolute atomic E-state index is 0.238. The Hall–Kier alpha value is -2.34. The van der Waals surface area contributed by atoms with Crippen LogP contribution in [0, 0.1) is 5.92 Å². The van der Waals surface area contributed by atoms with E-state index in [1.807, 2.05) is 13.8 Å². The highest BCUT2D eigenvalue weighted by Gasteiger charge is 2.37.